The Labute approximate surface area is 256 Å². The summed E-state index contributed by atoms with van der Waals surface area (Å²) in [4.78, 5) is 23.7. The Hall–Kier alpha value is -3.69. The number of amides is 2. The van der Waals surface area contributed by atoms with Gasteiger partial charge in [0.15, 0.2) is 0 Å². The van der Waals surface area contributed by atoms with E-state index in [0.717, 1.165) is 56.2 Å². The van der Waals surface area contributed by atoms with Gasteiger partial charge in [0, 0.05) is 45.5 Å². The lowest BCUT2D eigenvalue weighted by Crippen LogP contribution is -2.38. The van der Waals surface area contributed by atoms with E-state index in [0.29, 0.717) is 26.2 Å². The number of nitrogens with one attached hydrogen (secondary N) is 2. The number of nitrogens with zero attached hydrogens (tertiary/aromatic N) is 4. The Balaban J connectivity index is 1.06. The van der Waals surface area contributed by atoms with Crippen molar-refractivity contribution in [1.82, 2.24) is 25.4 Å². The number of benzene rings is 2. The number of piperidine rings is 1. The Morgan fingerprint density at radius 1 is 0.907 bits per heavy atom. The minimum Gasteiger partial charge on any atom is -0.494 e. The number of likely N-dealkylation sites (N-methyl/N-ethyl adjacent to an activating group) is 1. The van der Waals surface area contributed by atoms with Gasteiger partial charge in [-0.25, -0.2) is 14.2 Å². The fourth-order valence-corrected chi connectivity index (χ4v) is 5.22. The van der Waals surface area contributed by atoms with E-state index in [1.54, 1.807) is 6.20 Å². The van der Waals surface area contributed by atoms with Crippen LogP contribution in [-0.2, 0) is 13.1 Å². The Morgan fingerprint density at radius 3 is 2.47 bits per heavy atom. The lowest BCUT2D eigenvalue weighted by atomic mass is 10.1. The quantitative estimate of drug-likeness (QED) is 0.208. The normalized spacial score (nSPS) is 13.6. The fourth-order valence-electron chi connectivity index (χ4n) is 5.22. The van der Waals surface area contributed by atoms with E-state index in [2.05, 4.69) is 55.6 Å². The van der Waals surface area contributed by atoms with E-state index in [-0.39, 0.29) is 11.8 Å². The van der Waals surface area contributed by atoms with E-state index in [4.69, 9.17) is 4.74 Å². The smallest absolute Gasteiger partial charge is 0.314 e. The maximum atomic E-state index is 13.3. The Kier molecular flexibility index (Phi) is 13.6. The zero-order valence-electron chi connectivity index (χ0n) is 25.5. The van der Waals surface area contributed by atoms with Crippen molar-refractivity contribution in [1.29, 1.82) is 0 Å². The number of hydrogen-bond donors (Lipinski definition) is 2. The molecule has 4 rings (SSSR count). The summed E-state index contributed by atoms with van der Waals surface area (Å²) in [5.74, 6) is 1.55. The number of pyridine rings is 1. The summed E-state index contributed by atoms with van der Waals surface area (Å²) >= 11 is 0. The maximum Gasteiger partial charge on any atom is 0.314 e. The molecule has 9 heteroatoms. The van der Waals surface area contributed by atoms with Crippen LogP contribution < -0.4 is 20.3 Å². The number of ether oxygens (including phenoxy) is 1. The van der Waals surface area contributed by atoms with Crippen molar-refractivity contribution in [3.05, 3.63) is 89.9 Å². The first-order valence-corrected chi connectivity index (χ1v) is 15.6. The average Bonchev–Trinajstić information content (AvgIpc) is 3.03. The average molecular weight is 591 g/mol. The molecule has 2 amide bonds. The van der Waals surface area contributed by atoms with E-state index in [9.17, 15) is 9.18 Å². The number of halogens is 1. The van der Waals surface area contributed by atoms with Gasteiger partial charge in [-0.05, 0) is 99.9 Å². The number of urea groups is 1. The summed E-state index contributed by atoms with van der Waals surface area (Å²) in [5, 5.41) is 5.87. The van der Waals surface area contributed by atoms with Crippen LogP contribution in [0.5, 0.6) is 5.75 Å². The second-order valence-corrected chi connectivity index (χ2v) is 11.3. The second-order valence-electron chi connectivity index (χ2n) is 11.3. The number of carbonyl (C=O) groups is 1. The number of likely N-dealkylation sites (tertiary alicyclic amines) is 1. The molecule has 0 atom stereocenters. The van der Waals surface area contributed by atoms with Crippen molar-refractivity contribution >= 4 is 11.8 Å². The van der Waals surface area contributed by atoms with Crippen molar-refractivity contribution < 1.29 is 13.9 Å². The summed E-state index contributed by atoms with van der Waals surface area (Å²) in [6.45, 7) is 8.22. The van der Waals surface area contributed by atoms with Gasteiger partial charge in [0.2, 0.25) is 0 Å². The summed E-state index contributed by atoms with van der Waals surface area (Å²) in [6, 6.07) is 20.7. The molecule has 1 fully saturated rings. The van der Waals surface area contributed by atoms with E-state index < -0.39 is 0 Å². The third kappa shape index (κ3) is 12.2. The molecule has 1 saturated heterocycles. The number of carbonyl (C=O) groups excluding carboxylic acids is 1. The molecule has 0 radical (unpaired) electrons. The van der Waals surface area contributed by atoms with Crippen LogP contribution in [0, 0.1) is 5.82 Å². The van der Waals surface area contributed by atoms with Gasteiger partial charge >= 0.3 is 6.03 Å². The highest BCUT2D eigenvalue weighted by Gasteiger charge is 2.12. The van der Waals surface area contributed by atoms with Gasteiger partial charge in [-0.1, -0.05) is 36.8 Å². The third-order valence-corrected chi connectivity index (χ3v) is 7.64. The predicted octanol–water partition coefficient (Wildman–Crippen LogP) is 5.30. The molecular weight excluding hydrogens is 543 g/mol. The van der Waals surface area contributed by atoms with Crippen LogP contribution in [0.2, 0.25) is 0 Å². The van der Waals surface area contributed by atoms with Crippen molar-refractivity contribution in [2.75, 3.05) is 64.4 Å². The van der Waals surface area contributed by atoms with Gasteiger partial charge < -0.3 is 25.2 Å². The predicted molar refractivity (Wildman–Crippen MR) is 171 cm³/mol. The van der Waals surface area contributed by atoms with Crippen LogP contribution in [0.25, 0.3) is 0 Å². The standard InChI is InChI=1S/C34H47FN6O2/c1-39(23-24-41(33-12-3-4-17-36-33)28-29-13-15-31(35)16-14-29)20-8-18-37-34(42)38-19-9-25-43-32-11-7-10-30(26-32)27-40-21-5-2-6-22-40/h3-4,7,10-17,26H,2,5-6,8-9,18-25,27-28H2,1H3,(H2,37,38,42). The molecule has 232 valence electrons. The lowest BCUT2D eigenvalue weighted by Gasteiger charge is -2.27. The van der Waals surface area contributed by atoms with Gasteiger partial charge in [0.05, 0.1) is 6.61 Å². The van der Waals surface area contributed by atoms with Gasteiger partial charge in [-0.3, -0.25) is 4.90 Å². The fraction of sp³-hybridized carbons (Fsp3) is 0.471. The van der Waals surface area contributed by atoms with Crippen LogP contribution in [-0.4, -0.2) is 80.3 Å². The Bertz CT molecular complexity index is 1210. The van der Waals surface area contributed by atoms with Crippen LogP contribution in [0.3, 0.4) is 0 Å². The molecule has 43 heavy (non-hydrogen) atoms. The lowest BCUT2D eigenvalue weighted by molar-refractivity contribution is 0.220. The highest BCUT2D eigenvalue weighted by molar-refractivity contribution is 5.73. The molecule has 0 saturated carbocycles. The highest BCUT2D eigenvalue weighted by atomic mass is 19.1. The molecule has 2 heterocycles. The molecule has 1 aliphatic heterocycles. The monoisotopic (exact) mass is 590 g/mol. The second kappa shape index (κ2) is 18.1. The molecule has 2 aromatic carbocycles. The summed E-state index contributed by atoms with van der Waals surface area (Å²) in [7, 11) is 2.08. The van der Waals surface area contributed by atoms with Gasteiger partial charge in [-0.2, -0.15) is 0 Å². The van der Waals surface area contributed by atoms with Gasteiger partial charge in [0.25, 0.3) is 0 Å². The number of aromatic nitrogens is 1. The highest BCUT2D eigenvalue weighted by Crippen LogP contribution is 2.18. The molecule has 0 unspecified atom stereocenters. The van der Waals surface area contributed by atoms with E-state index >= 15 is 0 Å². The van der Waals surface area contributed by atoms with Crippen LogP contribution in [0.1, 0.15) is 43.2 Å². The van der Waals surface area contributed by atoms with E-state index in [1.807, 2.05) is 36.4 Å². The molecule has 0 aliphatic carbocycles. The number of rotatable bonds is 17. The summed E-state index contributed by atoms with van der Waals surface area (Å²) < 4.78 is 19.3. The van der Waals surface area contributed by atoms with Crippen molar-refractivity contribution in [3.63, 3.8) is 0 Å². The number of hydrogen-bond acceptors (Lipinski definition) is 6. The number of anilines is 1. The minimum atomic E-state index is -0.232. The largest absolute Gasteiger partial charge is 0.494 e. The molecule has 0 spiro atoms. The SMILES string of the molecule is CN(CCCNC(=O)NCCCOc1cccc(CN2CCCCC2)c1)CCN(Cc1ccc(F)cc1)c1ccccn1. The third-order valence-electron chi connectivity index (χ3n) is 7.64. The van der Waals surface area contributed by atoms with Gasteiger partial charge in [-0.15, -0.1) is 0 Å². The molecule has 2 N–H and O–H groups in total. The van der Waals surface area contributed by atoms with Crippen molar-refractivity contribution in [2.24, 2.45) is 0 Å². The minimum absolute atomic E-state index is 0.146. The molecule has 0 bridgehead atoms. The first kappa shape index (κ1) is 32.2. The molecule has 3 aromatic rings. The summed E-state index contributed by atoms with van der Waals surface area (Å²) in [5.41, 5.74) is 2.33. The van der Waals surface area contributed by atoms with Crippen molar-refractivity contribution in [3.8, 4) is 5.75 Å². The molecule has 8 nitrogen and oxygen atoms in total. The van der Waals surface area contributed by atoms with E-state index in [1.165, 1.54) is 50.0 Å². The van der Waals surface area contributed by atoms with Crippen molar-refractivity contribution in [2.45, 2.75) is 45.2 Å². The molecule has 1 aliphatic rings. The van der Waals surface area contributed by atoms with Crippen LogP contribution in [0.4, 0.5) is 15.0 Å². The Morgan fingerprint density at radius 2 is 1.70 bits per heavy atom. The van der Waals surface area contributed by atoms with Crippen LogP contribution in [0.15, 0.2) is 72.9 Å². The van der Waals surface area contributed by atoms with Gasteiger partial charge in [0.1, 0.15) is 17.4 Å². The zero-order valence-corrected chi connectivity index (χ0v) is 25.5. The summed E-state index contributed by atoms with van der Waals surface area (Å²) in [6.07, 6.45) is 7.32. The first-order chi connectivity index (χ1) is 21.0. The first-order valence-electron chi connectivity index (χ1n) is 15.6. The van der Waals surface area contributed by atoms with Crippen LogP contribution >= 0.6 is 0 Å². The molecular formula is C34H47FN6O2. The maximum absolute atomic E-state index is 13.3. The zero-order chi connectivity index (χ0) is 30.1. The topological polar surface area (TPSA) is 73.0 Å². The molecule has 1 aromatic heterocycles.